The van der Waals surface area contributed by atoms with Gasteiger partial charge in [0.2, 0.25) is 0 Å². The van der Waals surface area contributed by atoms with Crippen LogP contribution in [0.3, 0.4) is 0 Å². The van der Waals surface area contributed by atoms with Crippen LogP contribution < -0.4 is 5.32 Å². The highest BCUT2D eigenvalue weighted by molar-refractivity contribution is 5.92. The lowest BCUT2D eigenvalue weighted by Crippen LogP contribution is -2.41. The average molecular weight is 362 g/mol. The van der Waals surface area contributed by atoms with Crippen LogP contribution in [-0.4, -0.2) is 32.1 Å². The van der Waals surface area contributed by atoms with E-state index in [1.807, 2.05) is 37.4 Å². The molecule has 3 aromatic rings. The van der Waals surface area contributed by atoms with Gasteiger partial charge < -0.3 is 10.4 Å². The number of aliphatic hydroxyl groups excluding tert-OH is 1. The molecule has 6 heteroatoms. The monoisotopic (exact) mass is 362 g/mol. The summed E-state index contributed by atoms with van der Waals surface area (Å²) in [6.07, 6.45) is 2.85. The summed E-state index contributed by atoms with van der Waals surface area (Å²) >= 11 is 0. The fraction of sp³-hybridized carbons (Fsp3) is 0.333. The van der Waals surface area contributed by atoms with Crippen molar-refractivity contribution in [3.05, 3.63) is 65.4 Å². The van der Waals surface area contributed by atoms with Crippen molar-refractivity contribution in [2.45, 2.75) is 38.8 Å². The number of benzene rings is 1. The topological polar surface area (TPSA) is 88.0 Å². The number of fused-ring (bicyclic) bond motifs is 1. The Kier molecular flexibility index (Phi) is 4.58. The van der Waals surface area contributed by atoms with Gasteiger partial charge in [-0.1, -0.05) is 18.2 Å². The van der Waals surface area contributed by atoms with Gasteiger partial charge >= 0.3 is 0 Å². The van der Waals surface area contributed by atoms with Gasteiger partial charge in [0.1, 0.15) is 11.5 Å². The molecule has 2 aromatic heterocycles. The Morgan fingerprint density at radius 3 is 2.70 bits per heavy atom. The van der Waals surface area contributed by atoms with E-state index in [4.69, 9.17) is 0 Å². The predicted molar refractivity (Wildman–Crippen MR) is 102 cm³/mol. The number of carbonyl (C=O) groups excluding carboxylic acids is 1. The van der Waals surface area contributed by atoms with Crippen LogP contribution >= 0.6 is 0 Å². The molecule has 1 aliphatic rings. The average Bonchev–Trinajstić information content (AvgIpc) is 2.62. The summed E-state index contributed by atoms with van der Waals surface area (Å²) in [5.41, 5.74) is 2.98. The van der Waals surface area contributed by atoms with Gasteiger partial charge in [-0.3, -0.25) is 9.78 Å². The van der Waals surface area contributed by atoms with E-state index in [1.165, 1.54) is 0 Å². The molecule has 0 saturated heterocycles. The largest absolute Gasteiger partial charge is 0.393 e. The standard InChI is InChI=1S/C21H22N4O2/c1-12-7-19(24-13(2)23-12)21(27)25-20(15-9-17(26)10-15)16-8-14-5-3-4-6-18(14)22-11-16/h3-8,11,15,17,20,26H,9-10H2,1-2H3,(H,25,27)/t15?,17?,20-/m0/s1. The molecular weight excluding hydrogens is 340 g/mol. The second-order valence-corrected chi connectivity index (χ2v) is 7.24. The Morgan fingerprint density at radius 1 is 1.19 bits per heavy atom. The second-order valence-electron chi connectivity index (χ2n) is 7.24. The third-order valence-electron chi connectivity index (χ3n) is 5.08. The number of carbonyl (C=O) groups is 1. The molecule has 0 aliphatic heterocycles. The van der Waals surface area contributed by atoms with Crippen molar-refractivity contribution in [1.29, 1.82) is 0 Å². The molecule has 6 nitrogen and oxygen atoms in total. The number of nitrogens with one attached hydrogen (secondary N) is 1. The van der Waals surface area contributed by atoms with Crippen LogP contribution in [0.1, 0.15) is 46.5 Å². The van der Waals surface area contributed by atoms with Crippen LogP contribution in [0.15, 0.2) is 42.6 Å². The summed E-state index contributed by atoms with van der Waals surface area (Å²) in [5.74, 6) is 0.516. The lowest BCUT2D eigenvalue weighted by molar-refractivity contribution is 0.0234. The van der Waals surface area contributed by atoms with Gasteiger partial charge in [-0.25, -0.2) is 9.97 Å². The van der Waals surface area contributed by atoms with Crippen LogP contribution in [0.4, 0.5) is 0 Å². The smallest absolute Gasteiger partial charge is 0.270 e. The fourth-order valence-electron chi connectivity index (χ4n) is 3.68. The quantitative estimate of drug-likeness (QED) is 0.745. The van der Waals surface area contributed by atoms with Gasteiger partial charge in [-0.2, -0.15) is 0 Å². The number of aromatic nitrogens is 3. The van der Waals surface area contributed by atoms with E-state index in [1.54, 1.807) is 13.0 Å². The predicted octanol–water partition coefficient (Wildman–Crippen LogP) is 2.88. The van der Waals surface area contributed by atoms with Gasteiger partial charge in [-0.05, 0) is 56.4 Å². The molecule has 1 fully saturated rings. The molecule has 2 heterocycles. The minimum atomic E-state index is -0.300. The maximum atomic E-state index is 12.8. The lowest BCUT2D eigenvalue weighted by Gasteiger charge is -2.38. The van der Waals surface area contributed by atoms with Crippen LogP contribution in [0, 0.1) is 19.8 Å². The Labute approximate surface area is 157 Å². The van der Waals surface area contributed by atoms with Crippen molar-refractivity contribution < 1.29 is 9.90 Å². The van der Waals surface area contributed by atoms with Gasteiger partial charge in [0, 0.05) is 17.3 Å². The van der Waals surface area contributed by atoms with Gasteiger partial charge in [0.05, 0.1) is 17.7 Å². The minimum absolute atomic E-state index is 0.177. The Hall–Kier alpha value is -2.86. The van der Waals surface area contributed by atoms with Crippen molar-refractivity contribution in [2.24, 2.45) is 5.92 Å². The summed E-state index contributed by atoms with van der Waals surface area (Å²) < 4.78 is 0. The van der Waals surface area contributed by atoms with E-state index >= 15 is 0 Å². The van der Waals surface area contributed by atoms with E-state index in [0.29, 0.717) is 24.4 Å². The molecule has 4 rings (SSSR count). The number of aryl methyl sites for hydroxylation is 2. The van der Waals surface area contributed by atoms with Crippen molar-refractivity contribution in [3.63, 3.8) is 0 Å². The van der Waals surface area contributed by atoms with Crippen LogP contribution in [0.25, 0.3) is 10.9 Å². The van der Waals surface area contributed by atoms with Crippen molar-refractivity contribution in [1.82, 2.24) is 20.3 Å². The third kappa shape index (κ3) is 3.66. The Morgan fingerprint density at radius 2 is 1.96 bits per heavy atom. The number of hydrogen-bond acceptors (Lipinski definition) is 5. The first-order valence-corrected chi connectivity index (χ1v) is 9.15. The maximum Gasteiger partial charge on any atom is 0.270 e. The number of hydrogen-bond donors (Lipinski definition) is 2. The van der Waals surface area contributed by atoms with Crippen molar-refractivity contribution in [2.75, 3.05) is 0 Å². The van der Waals surface area contributed by atoms with E-state index < -0.39 is 0 Å². The molecule has 2 N–H and O–H groups in total. The molecule has 138 valence electrons. The zero-order valence-corrected chi connectivity index (χ0v) is 15.4. The summed E-state index contributed by atoms with van der Waals surface area (Å²) in [5, 5.41) is 13.9. The van der Waals surface area contributed by atoms with E-state index in [9.17, 15) is 9.90 Å². The number of aliphatic hydroxyl groups is 1. The molecule has 1 amide bonds. The van der Waals surface area contributed by atoms with Gasteiger partial charge in [0.15, 0.2) is 0 Å². The van der Waals surface area contributed by atoms with E-state index in [0.717, 1.165) is 22.2 Å². The van der Waals surface area contributed by atoms with Crippen LogP contribution in [-0.2, 0) is 0 Å². The number of amides is 1. The molecule has 1 saturated carbocycles. The maximum absolute atomic E-state index is 12.8. The lowest BCUT2D eigenvalue weighted by atomic mass is 9.75. The molecule has 1 aliphatic carbocycles. The third-order valence-corrected chi connectivity index (χ3v) is 5.08. The highest BCUT2D eigenvalue weighted by Crippen LogP contribution is 2.38. The highest BCUT2D eigenvalue weighted by atomic mass is 16.3. The number of rotatable bonds is 4. The van der Waals surface area contributed by atoms with Crippen LogP contribution in [0.2, 0.25) is 0 Å². The molecule has 0 spiro atoms. The molecule has 1 atom stereocenters. The number of nitrogens with zero attached hydrogens (tertiary/aromatic N) is 3. The number of para-hydroxylation sites is 1. The van der Waals surface area contributed by atoms with Crippen LogP contribution in [0.5, 0.6) is 0 Å². The summed E-state index contributed by atoms with van der Waals surface area (Å²) in [6, 6.07) is 11.4. The number of pyridine rings is 1. The molecule has 27 heavy (non-hydrogen) atoms. The first kappa shape index (κ1) is 17.5. The highest BCUT2D eigenvalue weighted by Gasteiger charge is 2.36. The summed E-state index contributed by atoms with van der Waals surface area (Å²) in [7, 11) is 0. The molecule has 0 radical (unpaired) electrons. The minimum Gasteiger partial charge on any atom is -0.393 e. The zero-order valence-electron chi connectivity index (χ0n) is 15.4. The first-order valence-electron chi connectivity index (χ1n) is 9.15. The molecular formula is C21H22N4O2. The van der Waals surface area contributed by atoms with E-state index in [2.05, 4.69) is 26.3 Å². The van der Waals surface area contributed by atoms with E-state index in [-0.39, 0.29) is 24.0 Å². The van der Waals surface area contributed by atoms with Gasteiger partial charge in [-0.15, -0.1) is 0 Å². The first-order chi connectivity index (χ1) is 13.0. The molecule has 1 aromatic carbocycles. The summed E-state index contributed by atoms with van der Waals surface area (Å²) in [6.45, 7) is 3.62. The normalized spacial score (nSPS) is 20.1. The van der Waals surface area contributed by atoms with Gasteiger partial charge in [0.25, 0.3) is 5.91 Å². The van der Waals surface area contributed by atoms with Crippen molar-refractivity contribution >= 4 is 16.8 Å². The Balaban J connectivity index is 1.65. The summed E-state index contributed by atoms with van der Waals surface area (Å²) in [4.78, 5) is 25.9. The second kappa shape index (κ2) is 7.04. The fourth-order valence-corrected chi connectivity index (χ4v) is 3.68. The van der Waals surface area contributed by atoms with Crippen molar-refractivity contribution in [3.8, 4) is 0 Å². The molecule has 0 bridgehead atoms. The SMILES string of the molecule is Cc1cc(C(=O)N[C@H](c2cnc3ccccc3c2)C2CC(O)C2)nc(C)n1. The zero-order chi connectivity index (χ0) is 19.0. The molecule has 0 unspecified atom stereocenters. The Bertz CT molecular complexity index is 978.